The Morgan fingerprint density at radius 2 is 1.07 bits per heavy atom. The fraction of sp³-hybridized carbons (Fsp3) is 0.120. The molecule has 0 aliphatic carbocycles. The molecule has 0 bridgehead atoms. The summed E-state index contributed by atoms with van der Waals surface area (Å²) in [6.07, 6.45) is 0.992. The number of benzene rings is 3. The van der Waals surface area contributed by atoms with E-state index in [1.165, 1.54) is 31.9 Å². The number of aryl methyl sites for hydroxylation is 1. The highest BCUT2D eigenvalue weighted by atomic mass is 35.5. The summed E-state index contributed by atoms with van der Waals surface area (Å²) in [5, 5.41) is 4.23. The molecule has 1 aromatic heterocycles. The first-order valence-electron chi connectivity index (χ1n) is 9.42. The molecule has 4 aromatic rings. The van der Waals surface area contributed by atoms with E-state index < -0.39 is 7.26 Å². The van der Waals surface area contributed by atoms with Crippen LogP contribution in [0.5, 0.6) is 0 Å². The van der Waals surface area contributed by atoms with Crippen molar-refractivity contribution in [3.63, 3.8) is 0 Å². The number of halogens is 1. The quantitative estimate of drug-likeness (QED) is 0.322. The Kier molecular flexibility index (Phi) is 5.69. The normalized spacial score (nSPS) is 11.5. The van der Waals surface area contributed by atoms with Crippen molar-refractivity contribution in [1.29, 1.82) is 0 Å². The average molecular weight is 422 g/mol. The zero-order chi connectivity index (χ0) is 19.6. The summed E-state index contributed by atoms with van der Waals surface area (Å²) in [6.45, 7) is 4.37. The number of rotatable bonds is 5. The van der Waals surface area contributed by atoms with E-state index in [0.717, 1.165) is 10.5 Å². The molecule has 0 nitrogen and oxygen atoms in total. The Hall–Kier alpha value is -1.92. The molecule has 0 amide bonds. The summed E-state index contributed by atoms with van der Waals surface area (Å²) < 4.78 is 0.916. The van der Waals surface area contributed by atoms with Crippen LogP contribution in [0.25, 0.3) is 0 Å². The first-order chi connectivity index (χ1) is 13.6. The van der Waals surface area contributed by atoms with Crippen LogP contribution in [-0.2, 0) is 6.16 Å². The lowest BCUT2D eigenvalue weighted by molar-refractivity contribution is 1.30. The molecule has 1 heterocycles. The van der Waals surface area contributed by atoms with Gasteiger partial charge in [0.15, 0.2) is 0 Å². The van der Waals surface area contributed by atoms with Crippen molar-refractivity contribution >= 4 is 46.1 Å². The Morgan fingerprint density at radius 3 is 1.39 bits per heavy atom. The van der Waals surface area contributed by atoms with Crippen LogP contribution >= 0.6 is 30.2 Å². The lowest BCUT2D eigenvalue weighted by atomic mass is 10.2. The molecule has 0 N–H and O–H groups in total. The number of hydrogen-bond acceptors (Lipinski definition) is 1. The minimum Gasteiger partial charge on any atom is -0.128 e. The van der Waals surface area contributed by atoms with Gasteiger partial charge in [0.25, 0.3) is 0 Å². The van der Waals surface area contributed by atoms with Gasteiger partial charge in [0.05, 0.1) is 10.5 Å². The van der Waals surface area contributed by atoms with Gasteiger partial charge >= 0.3 is 0 Å². The SMILES string of the molecule is Cc1sc(Cl)c(C)c1C[P+](c1ccccc1)(c1ccccc1)c1ccccc1. The van der Waals surface area contributed by atoms with E-state index in [1.54, 1.807) is 11.3 Å². The molecule has 0 atom stereocenters. The van der Waals surface area contributed by atoms with Gasteiger partial charge in [-0.3, -0.25) is 0 Å². The maximum absolute atomic E-state index is 6.53. The summed E-state index contributed by atoms with van der Waals surface area (Å²) in [4.78, 5) is 1.33. The van der Waals surface area contributed by atoms with E-state index in [9.17, 15) is 0 Å². The van der Waals surface area contributed by atoms with Crippen molar-refractivity contribution in [3.05, 3.63) is 111 Å². The molecule has 0 aliphatic rings. The molecule has 4 rings (SSSR count). The third kappa shape index (κ3) is 3.44. The Morgan fingerprint density at radius 1 is 0.679 bits per heavy atom. The van der Waals surface area contributed by atoms with Crippen LogP contribution in [0.2, 0.25) is 4.34 Å². The van der Waals surface area contributed by atoms with Crippen molar-refractivity contribution in [2.75, 3.05) is 0 Å². The van der Waals surface area contributed by atoms with E-state index >= 15 is 0 Å². The molecule has 0 aliphatic heterocycles. The van der Waals surface area contributed by atoms with Gasteiger partial charge in [-0.05, 0) is 55.8 Å². The van der Waals surface area contributed by atoms with Crippen LogP contribution in [0.4, 0.5) is 0 Å². The van der Waals surface area contributed by atoms with Crippen LogP contribution in [-0.4, -0.2) is 0 Å². The maximum Gasteiger partial charge on any atom is 0.116 e. The predicted octanol–water partition coefficient (Wildman–Crippen LogP) is 6.51. The minimum atomic E-state index is -1.87. The summed E-state index contributed by atoms with van der Waals surface area (Å²) in [5.41, 5.74) is 2.64. The third-order valence-corrected chi connectivity index (χ3v) is 11.3. The fourth-order valence-corrected chi connectivity index (χ4v) is 9.79. The van der Waals surface area contributed by atoms with E-state index in [-0.39, 0.29) is 0 Å². The van der Waals surface area contributed by atoms with Gasteiger partial charge in [-0.15, -0.1) is 11.3 Å². The molecule has 0 unspecified atom stereocenters. The lowest BCUT2D eigenvalue weighted by Gasteiger charge is -2.28. The van der Waals surface area contributed by atoms with Crippen molar-refractivity contribution in [3.8, 4) is 0 Å². The van der Waals surface area contributed by atoms with E-state index in [0.29, 0.717) is 0 Å². The molecule has 140 valence electrons. The van der Waals surface area contributed by atoms with Crippen LogP contribution in [0.3, 0.4) is 0 Å². The van der Waals surface area contributed by atoms with Crippen molar-refractivity contribution < 1.29 is 0 Å². The summed E-state index contributed by atoms with van der Waals surface area (Å²) in [5.74, 6) is 0. The highest BCUT2D eigenvalue weighted by molar-refractivity contribution is 7.95. The van der Waals surface area contributed by atoms with E-state index in [4.69, 9.17) is 11.6 Å². The molecule has 28 heavy (non-hydrogen) atoms. The predicted molar refractivity (Wildman–Crippen MR) is 128 cm³/mol. The smallest absolute Gasteiger partial charge is 0.116 e. The molecule has 0 radical (unpaired) electrons. The van der Waals surface area contributed by atoms with E-state index in [1.807, 2.05) is 0 Å². The largest absolute Gasteiger partial charge is 0.128 e. The van der Waals surface area contributed by atoms with Crippen molar-refractivity contribution in [2.45, 2.75) is 20.0 Å². The van der Waals surface area contributed by atoms with Gasteiger partial charge in [-0.25, -0.2) is 0 Å². The molecule has 0 saturated heterocycles. The number of hydrogen-bond donors (Lipinski definition) is 0. The second-order valence-corrected chi connectivity index (χ2v) is 12.3. The Labute approximate surface area is 177 Å². The van der Waals surface area contributed by atoms with Gasteiger partial charge in [-0.2, -0.15) is 0 Å². The first kappa shape index (κ1) is 19.4. The standard InChI is InChI=1S/C25H23ClPS/c1-19-24(20(2)28-25(19)26)18-27(21-12-6-3-7-13-21,22-14-8-4-9-15-22)23-16-10-5-11-17-23/h3-17H,18H2,1-2H3/q+1. The lowest BCUT2D eigenvalue weighted by Crippen LogP contribution is -2.32. The highest BCUT2D eigenvalue weighted by Crippen LogP contribution is 2.59. The zero-order valence-electron chi connectivity index (χ0n) is 16.1. The second kappa shape index (κ2) is 8.21. The van der Waals surface area contributed by atoms with Gasteiger partial charge in [0.1, 0.15) is 23.2 Å². The molecular weight excluding hydrogens is 399 g/mol. The molecule has 3 heteroatoms. The zero-order valence-corrected chi connectivity index (χ0v) is 18.6. The average Bonchev–Trinajstić information content (AvgIpc) is 2.99. The summed E-state index contributed by atoms with van der Waals surface area (Å²) >= 11 is 8.24. The van der Waals surface area contributed by atoms with E-state index in [2.05, 4.69) is 105 Å². The molecular formula is C25H23ClPS+. The number of thiophene rings is 1. The molecule has 0 fully saturated rings. The molecule has 3 aromatic carbocycles. The Bertz CT molecular complexity index is 959. The van der Waals surface area contributed by atoms with Crippen molar-refractivity contribution in [1.82, 2.24) is 0 Å². The maximum atomic E-state index is 6.53. The van der Waals surface area contributed by atoms with Crippen LogP contribution in [0, 0.1) is 13.8 Å². The van der Waals surface area contributed by atoms with Gasteiger partial charge in [0, 0.05) is 10.4 Å². The highest BCUT2D eigenvalue weighted by Gasteiger charge is 2.46. The summed E-state index contributed by atoms with van der Waals surface area (Å²) in [7, 11) is -1.87. The van der Waals surface area contributed by atoms with Gasteiger partial charge in [-0.1, -0.05) is 66.2 Å². The van der Waals surface area contributed by atoms with Gasteiger partial charge in [0.2, 0.25) is 0 Å². The Balaban J connectivity index is 2.04. The topological polar surface area (TPSA) is 0 Å². The minimum absolute atomic E-state index is 0.916. The third-order valence-electron chi connectivity index (χ3n) is 5.40. The second-order valence-electron chi connectivity index (χ2n) is 7.01. The van der Waals surface area contributed by atoms with Crippen LogP contribution in [0.1, 0.15) is 16.0 Å². The monoisotopic (exact) mass is 421 g/mol. The molecule has 0 saturated carbocycles. The fourth-order valence-electron chi connectivity index (χ4n) is 3.89. The van der Waals surface area contributed by atoms with Crippen LogP contribution in [0.15, 0.2) is 91.0 Å². The molecule has 0 spiro atoms. The first-order valence-corrected chi connectivity index (χ1v) is 12.6. The summed E-state index contributed by atoms with van der Waals surface area (Å²) in [6, 6.07) is 33.1. The van der Waals surface area contributed by atoms with Crippen LogP contribution < -0.4 is 15.9 Å². The van der Waals surface area contributed by atoms with Crippen molar-refractivity contribution in [2.24, 2.45) is 0 Å². The van der Waals surface area contributed by atoms with Gasteiger partial charge < -0.3 is 0 Å².